The maximum atomic E-state index is 12.9. The second-order valence-electron chi connectivity index (χ2n) is 3.21. The van der Waals surface area contributed by atoms with E-state index in [2.05, 4.69) is 4.98 Å². The summed E-state index contributed by atoms with van der Waals surface area (Å²) in [6.45, 7) is 0.694. The average molecular weight is 238 g/mol. The first-order chi connectivity index (χ1) is 7.79. The van der Waals surface area contributed by atoms with E-state index in [1.807, 2.05) is 0 Å². The topological polar surface area (TPSA) is 48.1 Å². The Bertz CT molecular complexity index is 459. The zero-order chi connectivity index (χ0) is 11.4. The van der Waals surface area contributed by atoms with E-state index in [1.54, 1.807) is 17.8 Å². The normalized spacial score (nSPS) is 10.4. The molecule has 0 saturated heterocycles. The molecule has 5 heteroatoms. The van der Waals surface area contributed by atoms with Gasteiger partial charge >= 0.3 is 0 Å². The largest absolute Gasteiger partial charge is 0.488 e. The van der Waals surface area contributed by atoms with Crippen molar-refractivity contribution in [2.24, 2.45) is 5.73 Å². The maximum Gasteiger partial charge on any atom is 0.124 e. The van der Waals surface area contributed by atoms with Gasteiger partial charge in [-0.05, 0) is 18.2 Å². The molecule has 0 fully saturated rings. The molecule has 0 aliphatic carbocycles. The van der Waals surface area contributed by atoms with Crippen LogP contribution < -0.4 is 10.5 Å². The lowest BCUT2D eigenvalue weighted by molar-refractivity contribution is 0.305. The number of nitrogens with zero attached hydrogens (tertiary/aromatic N) is 1. The van der Waals surface area contributed by atoms with Gasteiger partial charge in [-0.3, -0.25) is 4.98 Å². The van der Waals surface area contributed by atoms with Crippen molar-refractivity contribution < 1.29 is 9.13 Å². The van der Waals surface area contributed by atoms with Crippen LogP contribution in [0.1, 0.15) is 10.4 Å². The fourth-order valence-electron chi connectivity index (χ4n) is 1.31. The van der Waals surface area contributed by atoms with E-state index in [1.165, 1.54) is 23.5 Å². The van der Waals surface area contributed by atoms with Gasteiger partial charge in [-0.25, -0.2) is 4.39 Å². The molecule has 1 heterocycles. The molecule has 2 N–H and O–H groups in total. The molecule has 0 unspecified atom stereocenters. The van der Waals surface area contributed by atoms with Crippen molar-refractivity contribution in [2.75, 3.05) is 0 Å². The van der Waals surface area contributed by atoms with E-state index in [-0.39, 0.29) is 12.4 Å². The molecule has 0 aliphatic heterocycles. The van der Waals surface area contributed by atoms with Gasteiger partial charge in [0.15, 0.2) is 0 Å². The van der Waals surface area contributed by atoms with Crippen LogP contribution in [0.25, 0.3) is 0 Å². The first-order valence-corrected chi connectivity index (χ1v) is 5.66. The number of thiazole rings is 1. The Morgan fingerprint density at radius 2 is 2.31 bits per heavy atom. The highest BCUT2D eigenvalue weighted by Crippen LogP contribution is 2.21. The van der Waals surface area contributed by atoms with E-state index < -0.39 is 0 Å². The molecule has 1 aromatic carbocycles. The second kappa shape index (κ2) is 5.05. The molecular formula is C11H11FN2OS. The predicted octanol–water partition coefficient (Wildman–Crippen LogP) is 2.32. The fraction of sp³-hybridized carbons (Fsp3) is 0.182. The first-order valence-electron chi connectivity index (χ1n) is 4.78. The highest BCUT2D eigenvalue weighted by molar-refractivity contribution is 7.09. The lowest BCUT2D eigenvalue weighted by Crippen LogP contribution is -2.02. The van der Waals surface area contributed by atoms with Crippen LogP contribution in [0.4, 0.5) is 4.39 Å². The van der Waals surface area contributed by atoms with E-state index in [0.717, 1.165) is 4.88 Å². The molecule has 0 spiro atoms. The van der Waals surface area contributed by atoms with E-state index >= 15 is 0 Å². The Hall–Kier alpha value is -1.46. The summed E-state index contributed by atoms with van der Waals surface area (Å²) < 4.78 is 18.5. The van der Waals surface area contributed by atoms with Gasteiger partial charge in [-0.2, -0.15) is 0 Å². The zero-order valence-electron chi connectivity index (χ0n) is 8.52. The monoisotopic (exact) mass is 238 g/mol. The number of halogens is 1. The second-order valence-corrected chi connectivity index (χ2v) is 4.18. The highest BCUT2D eigenvalue weighted by Gasteiger charge is 2.04. The minimum Gasteiger partial charge on any atom is -0.488 e. The zero-order valence-corrected chi connectivity index (χ0v) is 9.34. The molecule has 0 amide bonds. The van der Waals surface area contributed by atoms with Gasteiger partial charge in [0.1, 0.15) is 18.2 Å². The predicted molar refractivity (Wildman–Crippen MR) is 60.7 cm³/mol. The number of hydrogen-bond donors (Lipinski definition) is 1. The quantitative estimate of drug-likeness (QED) is 0.889. The third kappa shape index (κ3) is 2.56. The summed E-state index contributed by atoms with van der Waals surface area (Å²) in [4.78, 5) is 4.97. The maximum absolute atomic E-state index is 12.9. The number of hydrogen-bond acceptors (Lipinski definition) is 4. The Balaban J connectivity index is 2.09. The highest BCUT2D eigenvalue weighted by atomic mass is 32.1. The van der Waals surface area contributed by atoms with Crippen molar-refractivity contribution in [1.82, 2.24) is 4.98 Å². The van der Waals surface area contributed by atoms with E-state index in [9.17, 15) is 4.39 Å². The SMILES string of the molecule is NCc1cc(F)ccc1OCc1cncs1. The molecule has 0 saturated carbocycles. The number of benzene rings is 1. The Morgan fingerprint density at radius 3 is 3.00 bits per heavy atom. The van der Waals surface area contributed by atoms with Gasteiger partial charge in [-0.15, -0.1) is 11.3 Å². The molecule has 2 aromatic rings. The average Bonchev–Trinajstić information content (AvgIpc) is 2.80. The summed E-state index contributed by atoms with van der Waals surface area (Å²) in [6.07, 6.45) is 1.75. The standard InChI is InChI=1S/C11H11FN2OS/c12-9-1-2-11(8(3-9)4-13)15-6-10-5-14-7-16-10/h1-3,5,7H,4,6,13H2. The van der Waals surface area contributed by atoms with Crippen molar-refractivity contribution in [3.05, 3.63) is 46.2 Å². The summed E-state index contributed by atoms with van der Waals surface area (Å²) >= 11 is 1.52. The molecule has 0 bridgehead atoms. The molecular weight excluding hydrogens is 227 g/mol. The fourth-order valence-corrected chi connectivity index (χ4v) is 1.82. The third-order valence-electron chi connectivity index (χ3n) is 2.10. The molecule has 16 heavy (non-hydrogen) atoms. The van der Waals surface area contributed by atoms with Gasteiger partial charge in [0, 0.05) is 18.3 Å². The number of ether oxygens (including phenoxy) is 1. The van der Waals surface area contributed by atoms with Crippen LogP contribution in [0.5, 0.6) is 5.75 Å². The van der Waals surface area contributed by atoms with Gasteiger partial charge in [-0.1, -0.05) is 0 Å². The first kappa shape index (κ1) is 11.0. The van der Waals surface area contributed by atoms with Crippen LogP contribution in [-0.4, -0.2) is 4.98 Å². The van der Waals surface area contributed by atoms with Crippen LogP contribution in [0.15, 0.2) is 29.9 Å². The molecule has 0 atom stereocenters. The van der Waals surface area contributed by atoms with Gasteiger partial charge in [0.05, 0.1) is 10.4 Å². The number of aromatic nitrogens is 1. The van der Waals surface area contributed by atoms with E-state index in [0.29, 0.717) is 17.9 Å². The van der Waals surface area contributed by atoms with Crippen LogP contribution in [0.2, 0.25) is 0 Å². The molecule has 84 valence electrons. The van der Waals surface area contributed by atoms with Crippen LogP contribution in [-0.2, 0) is 13.2 Å². The van der Waals surface area contributed by atoms with Crippen molar-refractivity contribution in [2.45, 2.75) is 13.2 Å². The Kier molecular flexibility index (Phi) is 3.48. The van der Waals surface area contributed by atoms with Crippen LogP contribution >= 0.6 is 11.3 Å². The summed E-state index contributed by atoms with van der Waals surface area (Å²) in [5.74, 6) is 0.322. The summed E-state index contributed by atoms with van der Waals surface area (Å²) in [5, 5.41) is 0. The van der Waals surface area contributed by atoms with Crippen molar-refractivity contribution in [3.8, 4) is 5.75 Å². The lowest BCUT2D eigenvalue weighted by Gasteiger charge is -2.09. The third-order valence-corrected chi connectivity index (χ3v) is 2.85. The molecule has 0 aliphatic rings. The van der Waals surface area contributed by atoms with Gasteiger partial charge < -0.3 is 10.5 Å². The summed E-state index contributed by atoms with van der Waals surface area (Å²) in [5.41, 5.74) is 7.93. The molecule has 0 radical (unpaired) electrons. The van der Waals surface area contributed by atoms with E-state index in [4.69, 9.17) is 10.5 Å². The van der Waals surface area contributed by atoms with Gasteiger partial charge in [0.25, 0.3) is 0 Å². The molecule has 2 rings (SSSR count). The summed E-state index contributed by atoms with van der Waals surface area (Å²) in [6, 6.07) is 4.35. The Labute approximate surface area is 96.7 Å². The van der Waals surface area contributed by atoms with Crippen molar-refractivity contribution in [1.29, 1.82) is 0 Å². The Morgan fingerprint density at radius 1 is 1.44 bits per heavy atom. The minimum absolute atomic E-state index is 0.260. The van der Waals surface area contributed by atoms with Gasteiger partial charge in [0.2, 0.25) is 0 Å². The van der Waals surface area contributed by atoms with Crippen molar-refractivity contribution in [3.63, 3.8) is 0 Å². The van der Waals surface area contributed by atoms with Crippen LogP contribution in [0, 0.1) is 5.82 Å². The lowest BCUT2D eigenvalue weighted by atomic mass is 10.2. The molecule has 3 nitrogen and oxygen atoms in total. The minimum atomic E-state index is -0.300. The number of nitrogens with two attached hydrogens (primary N) is 1. The van der Waals surface area contributed by atoms with Crippen molar-refractivity contribution >= 4 is 11.3 Å². The smallest absolute Gasteiger partial charge is 0.124 e. The number of rotatable bonds is 4. The molecule has 1 aromatic heterocycles. The van der Waals surface area contributed by atoms with Crippen LogP contribution in [0.3, 0.4) is 0 Å². The summed E-state index contributed by atoms with van der Waals surface area (Å²) in [7, 11) is 0.